The minimum atomic E-state index is -2.90. The summed E-state index contributed by atoms with van der Waals surface area (Å²) in [5.41, 5.74) is 1.48. The first kappa shape index (κ1) is 19.0. The predicted molar refractivity (Wildman–Crippen MR) is 92.9 cm³/mol. The molecule has 0 aliphatic heterocycles. The lowest BCUT2D eigenvalue weighted by Crippen LogP contribution is -2.36. The average Bonchev–Trinajstić information content (AvgIpc) is 2.97. The van der Waals surface area contributed by atoms with Gasteiger partial charge in [-0.2, -0.15) is 13.9 Å². The van der Waals surface area contributed by atoms with Crippen LogP contribution in [0.3, 0.4) is 0 Å². The van der Waals surface area contributed by atoms with Gasteiger partial charge in [0.05, 0.1) is 12.7 Å². The lowest BCUT2D eigenvalue weighted by atomic mass is 10.2. The van der Waals surface area contributed by atoms with Gasteiger partial charge in [0.2, 0.25) is 0 Å². The Balaban J connectivity index is 2.06. The average molecular weight is 372 g/mol. The topological polar surface area (TPSA) is 63.5 Å². The Hall–Kier alpha value is -2.35. The van der Waals surface area contributed by atoms with Crippen molar-refractivity contribution in [3.05, 3.63) is 46.7 Å². The number of rotatable bonds is 7. The smallest absolute Gasteiger partial charge is 0.387 e. The summed E-state index contributed by atoms with van der Waals surface area (Å²) in [6.07, 6.45) is 3.61. The fourth-order valence-corrected chi connectivity index (χ4v) is 2.34. The SMILES string of the molecule is CCNC(=NCc1cnn(C)c1)NCc1cc(Cl)ccc1OC(F)F. The number of aromatic nitrogens is 2. The molecule has 0 aliphatic rings. The number of hydrogen-bond acceptors (Lipinski definition) is 3. The van der Waals surface area contributed by atoms with Gasteiger partial charge >= 0.3 is 6.61 Å². The molecule has 0 unspecified atom stereocenters. The second kappa shape index (κ2) is 9.22. The highest BCUT2D eigenvalue weighted by Crippen LogP contribution is 2.24. The number of hydrogen-bond donors (Lipinski definition) is 2. The minimum Gasteiger partial charge on any atom is -0.434 e. The van der Waals surface area contributed by atoms with E-state index in [1.165, 1.54) is 12.1 Å². The maximum atomic E-state index is 12.5. The largest absolute Gasteiger partial charge is 0.434 e. The first-order valence-corrected chi connectivity index (χ1v) is 8.08. The lowest BCUT2D eigenvalue weighted by Gasteiger charge is -2.14. The summed E-state index contributed by atoms with van der Waals surface area (Å²) in [6, 6.07) is 4.51. The van der Waals surface area contributed by atoms with Crippen molar-refractivity contribution in [2.24, 2.45) is 12.0 Å². The van der Waals surface area contributed by atoms with Crippen LogP contribution in [-0.2, 0) is 20.1 Å². The van der Waals surface area contributed by atoms with E-state index in [-0.39, 0.29) is 12.3 Å². The summed E-state index contributed by atoms with van der Waals surface area (Å²) >= 11 is 5.95. The number of benzene rings is 1. The number of alkyl halides is 2. The normalized spacial score (nSPS) is 11.7. The van der Waals surface area contributed by atoms with E-state index in [2.05, 4.69) is 25.5 Å². The van der Waals surface area contributed by atoms with Crippen molar-refractivity contribution in [2.75, 3.05) is 6.54 Å². The van der Waals surface area contributed by atoms with Crippen molar-refractivity contribution in [3.63, 3.8) is 0 Å². The molecule has 25 heavy (non-hydrogen) atoms. The molecule has 2 aromatic rings. The molecule has 0 saturated heterocycles. The van der Waals surface area contributed by atoms with Crippen LogP contribution in [0.1, 0.15) is 18.1 Å². The van der Waals surface area contributed by atoms with Gasteiger partial charge < -0.3 is 15.4 Å². The molecule has 9 heteroatoms. The third-order valence-corrected chi connectivity index (χ3v) is 3.44. The van der Waals surface area contributed by atoms with Crippen molar-refractivity contribution >= 4 is 17.6 Å². The third-order valence-electron chi connectivity index (χ3n) is 3.21. The van der Waals surface area contributed by atoms with Crippen LogP contribution < -0.4 is 15.4 Å². The Morgan fingerprint density at radius 1 is 1.40 bits per heavy atom. The van der Waals surface area contributed by atoms with Crippen LogP contribution in [0, 0.1) is 0 Å². The van der Waals surface area contributed by atoms with Crippen molar-refractivity contribution in [2.45, 2.75) is 26.6 Å². The van der Waals surface area contributed by atoms with Crippen LogP contribution in [0.4, 0.5) is 8.78 Å². The van der Waals surface area contributed by atoms with Gasteiger partial charge in [0.25, 0.3) is 0 Å². The van der Waals surface area contributed by atoms with Crippen LogP contribution >= 0.6 is 11.6 Å². The number of nitrogens with one attached hydrogen (secondary N) is 2. The van der Waals surface area contributed by atoms with Crippen LogP contribution in [-0.4, -0.2) is 28.9 Å². The first-order chi connectivity index (χ1) is 12.0. The summed E-state index contributed by atoms with van der Waals surface area (Å²) in [7, 11) is 1.83. The number of halogens is 3. The Kier molecular flexibility index (Phi) is 7.00. The molecular formula is C16H20ClF2N5O. The number of aryl methyl sites for hydroxylation is 1. The number of ether oxygens (including phenoxy) is 1. The zero-order valence-corrected chi connectivity index (χ0v) is 14.7. The second-order valence-corrected chi connectivity index (χ2v) is 5.64. The summed E-state index contributed by atoms with van der Waals surface area (Å²) < 4.78 is 31.2. The van der Waals surface area contributed by atoms with E-state index in [1.54, 1.807) is 16.9 Å². The highest BCUT2D eigenvalue weighted by Gasteiger charge is 2.11. The number of aliphatic imine (C=N–C) groups is 1. The molecule has 1 aromatic heterocycles. The van der Waals surface area contributed by atoms with Crippen molar-refractivity contribution in [3.8, 4) is 5.75 Å². The summed E-state index contributed by atoms with van der Waals surface area (Å²) in [4.78, 5) is 4.44. The fourth-order valence-electron chi connectivity index (χ4n) is 2.14. The molecule has 1 heterocycles. The first-order valence-electron chi connectivity index (χ1n) is 7.71. The van der Waals surface area contributed by atoms with Gasteiger partial charge in [0, 0.05) is 42.5 Å². The highest BCUT2D eigenvalue weighted by molar-refractivity contribution is 6.30. The van der Waals surface area contributed by atoms with Crippen LogP contribution in [0.5, 0.6) is 5.75 Å². The van der Waals surface area contributed by atoms with Gasteiger partial charge in [-0.05, 0) is 25.1 Å². The van der Waals surface area contributed by atoms with Gasteiger partial charge in [-0.3, -0.25) is 4.68 Å². The van der Waals surface area contributed by atoms with Gasteiger partial charge in [0.15, 0.2) is 5.96 Å². The summed E-state index contributed by atoms with van der Waals surface area (Å²) in [6.45, 7) is 0.383. The maximum Gasteiger partial charge on any atom is 0.387 e. The summed E-state index contributed by atoms with van der Waals surface area (Å²) in [5, 5.41) is 10.7. The monoisotopic (exact) mass is 371 g/mol. The van der Waals surface area contributed by atoms with Gasteiger partial charge in [-0.25, -0.2) is 4.99 Å². The Morgan fingerprint density at radius 3 is 2.84 bits per heavy atom. The van der Waals surface area contributed by atoms with E-state index in [0.717, 1.165) is 5.56 Å². The molecule has 2 rings (SSSR count). The van der Waals surface area contributed by atoms with Crippen LogP contribution in [0.2, 0.25) is 5.02 Å². The molecule has 0 bridgehead atoms. The summed E-state index contributed by atoms with van der Waals surface area (Å²) in [5.74, 6) is 0.629. The number of nitrogens with zero attached hydrogens (tertiary/aromatic N) is 3. The Bertz CT molecular complexity index is 720. The molecule has 0 atom stereocenters. The molecule has 0 amide bonds. The van der Waals surface area contributed by atoms with E-state index in [1.807, 2.05) is 20.2 Å². The van der Waals surface area contributed by atoms with Crippen LogP contribution in [0.15, 0.2) is 35.6 Å². The van der Waals surface area contributed by atoms with E-state index < -0.39 is 6.61 Å². The molecule has 0 radical (unpaired) electrons. The standard InChI is InChI=1S/C16H20ClF2N5O/c1-3-20-16(21-7-11-8-23-24(2)10-11)22-9-12-6-13(17)4-5-14(12)25-15(18)19/h4-6,8,10,15H,3,7,9H2,1-2H3,(H2,20,21,22). The van der Waals surface area contributed by atoms with Crippen LogP contribution in [0.25, 0.3) is 0 Å². The van der Waals surface area contributed by atoms with Gasteiger partial charge in [-0.15, -0.1) is 0 Å². The molecule has 1 aromatic carbocycles. The van der Waals surface area contributed by atoms with Gasteiger partial charge in [-0.1, -0.05) is 11.6 Å². The molecule has 136 valence electrons. The van der Waals surface area contributed by atoms with E-state index >= 15 is 0 Å². The molecule has 0 saturated carbocycles. The minimum absolute atomic E-state index is 0.0787. The van der Waals surface area contributed by atoms with Crippen molar-refractivity contribution in [1.82, 2.24) is 20.4 Å². The Morgan fingerprint density at radius 2 is 2.20 bits per heavy atom. The second-order valence-electron chi connectivity index (χ2n) is 5.20. The van der Waals surface area contributed by atoms with E-state index in [9.17, 15) is 8.78 Å². The van der Waals surface area contributed by atoms with Crippen molar-refractivity contribution < 1.29 is 13.5 Å². The number of guanidine groups is 1. The fraction of sp³-hybridized carbons (Fsp3) is 0.375. The quantitative estimate of drug-likeness (QED) is 0.580. The molecule has 6 nitrogen and oxygen atoms in total. The predicted octanol–water partition coefficient (Wildman–Crippen LogP) is 2.93. The Labute approximate surface area is 149 Å². The molecule has 0 aliphatic carbocycles. The molecule has 0 fully saturated rings. The maximum absolute atomic E-state index is 12.5. The molecular weight excluding hydrogens is 352 g/mol. The van der Waals surface area contributed by atoms with E-state index in [0.29, 0.717) is 29.6 Å². The molecule has 2 N–H and O–H groups in total. The van der Waals surface area contributed by atoms with E-state index in [4.69, 9.17) is 11.6 Å². The zero-order valence-electron chi connectivity index (χ0n) is 14.0. The van der Waals surface area contributed by atoms with Gasteiger partial charge in [0.1, 0.15) is 5.75 Å². The highest BCUT2D eigenvalue weighted by atomic mass is 35.5. The zero-order chi connectivity index (χ0) is 18.2. The lowest BCUT2D eigenvalue weighted by molar-refractivity contribution is -0.0504. The third kappa shape index (κ3) is 6.22. The van der Waals surface area contributed by atoms with Crippen molar-refractivity contribution in [1.29, 1.82) is 0 Å². The molecule has 0 spiro atoms.